The van der Waals surface area contributed by atoms with Gasteiger partial charge in [0.05, 0.1) is 6.54 Å². The number of hydrogen-bond acceptors (Lipinski definition) is 2. The lowest BCUT2D eigenvalue weighted by molar-refractivity contribution is -0.127. The van der Waals surface area contributed by atoms with Crippen molar-refractivity contribution in [3.05, 3.63) is 35.4 Å². The molecule has 0 saturated heterocycles. The van der Waals surface area contributed by atoms with Crippen LogP contribution in [0.5, 0.6) is 0 Å². The molecule has 0 aromatic heterocycles. The summed E-state index contributed by atoms with van der Waals surface area (Å²) in [5.41, 5.74) is 2.68. The van der Waals surface area contributed by atoms with Crippen LogP contribution in [0.3, 0.4) is 0 Å². The second-order valence-electron chi connectivity index (χ2n) is 8.90. The minimum absolute atomic E-state index is 0.135. The van der Waals surface area contributed by atoms with E-state index in [9.17, 15) is 4.79 Å². The normalized spacial score (nSPS) is 33.9. The molecule has 130 valence electrons. The average molecular weight is 326 g/mol. The molecule has 5 rings (SSSR count). The fourth-order valence-corrected chi connectivity index (χ4v) is 5.91. The number of carbonyl (C=O) groups is 1. The van der Waals surface area contributed by atoms with Crippen LogP contribution in [0.25, 0.3) is 0 Å². The summed E-state index contributed by atoms with van der Waals surface area (Å²) < 4.78 is 0. The summed E-state index contributed by atoms with van der Waals surface area (Å²) in [5, 5.41) is 3.47. The summed E-state index contributed by atoms with van der Waals surface area (Å²) in [6, 6.07) is 8.59. The molecule has 1 aromatic rings. The van der Waals surface area contributed by atoms with Gasteiger partial charge in [-0.3, -0.25) is 9.69 Å². The molecule has 4 saturated carbocycles. The number of benzene rings is 1. The monoisotopic (exact) mass is 326 g/mol. The largest absolute Gasteiger partial charge is 0.350 e. The van der Waals surface area contributed by atoms with Crippen LogP contribution in [0, 0.1) is 24.7 Å². The van der Waals surface area contributed by atoms with Crippen molar-refractivity contribution >= 4 is 5.91 Å². The van der Waals surface area contributed by atoms with Crippen molar-refractivity contribution < 1.29 is 4.79 Å². The van der Waals surface area contributed by atoms with Gasteiger partial charge in [0.1, 0.15) is 0 Å². The van der Waals surface area contributed by atoms with E-state index < -0.39 is 0 Å². The molecule has 0 unspecified atom stereocenters. The van der Waals surface area contributed by atoms with Gasteiger partial charge in [0.2, 0.25) is 5.91 Å². The Hall–Kier alpha value is -1.35. The van der Waals surface area contributed by atoms with Gasteiger partial charge in [0.25, 0.3) is 0 Å². The lowest BCUT2D eigenvalue weighted by Gasteiger charge is -2.57. The molecule has 0 heterocycles. The van der Waals surface area contributed by atoms with Gasteiger partial charge in [-0.2, -0.15) is 0 Å². The van der Waals surface area contributed by atoms with Crippen molar-refractivity contribution in [2.45, 2.75) is 57.5 Å². The molecule has 0 radical (unpaired) electrons. The van der Waals surface area contributed by atoms with Crippen LogP contribution in [0.1, 0.15) is 49.7 Å². The van der Waals surface area contributed by atoms with Gasteiger partial charge in [-0.25, -0.2) is 0 Å². The Bertz CT molecular complexity index is 571. The molecule has 4 aliphatic rings. The average Bonchev–Trinajstić information content (AvgIpc) is 2.47. The molecule has 4 fully saturated rings. The quantitative estimate of drug-likeness (QED) is 0.898. The first-order valence-electron chi connectivity index (χ1n) is 9.55. The van der Waals surface area contributed by atoms with Gasteiger partial charge < -0.3 is 5.32 Å². The van der Waals surface area contributed by atoms with E-state index in [-0.39, 0.29) is 11.4 Å². The highest BCUT2D eigenvalue weighted by Gasteiger charge is 2.51. The number of rotatable bonds is 5. The highest BCUT2D eigenvalue weighted by atomic mass is 16.2. The van der Waals surface area contributed by atoms with Gasteiger partial charge in [-0.1, -0.05) is 29.8 Å². The highest BCUT2D eigenvalue weighted by molar-refractivity contribution is 5.79. The predicted octanol–water partition coefficient (Wildman–Crippen LogP) is 3.51. The maximum atomic E-state index is 12.6. The molecular formula is C21H30N2O. The van der Waals surface area contributed by atoms with E-state index in [4.69, 9.17) is 0 Å². The number of carbonyl (C=O) groups excluding carboxylic acids is 1. The van der Waals surface area contributed by atoms with Gasteiger partial charge in [-0.05, 0) is 75.8 Å². The molecule has 1 aromatic carbocycles. The minimum Gasteiger partial charge on any atom is -0.350 e. The van der Waals surface area contributed by atoms with Crippen molar-refractivity contribution in [3.8, 4) is 0 Å². The highest BCUT2D eigenvalue weighted by Crippen LogP contribution is 2.55. The second-order valence-corrected chi connectivity index (χ2v) is 8.90. The Morgan fingerprint density at radius 3 is 2.17 bits per heavy atom. The van der Waals surface area contributed by atoms with Crippen LogP contribution < -0.4 is 5.32 Å². The third-order valence-corrected chi connectivity index (χ3v) is 6.43. The summed E-state index contributed by atoms with van der Waals surface area (Å²) in [4.78, 5) is 14.8. The number of likely N-dealkylation sites (N-methyl/N-ethyl adjacent to an activating group) is 1. The van der Waals surface area contributed by atoms with Crippen molar-refractivity contribution in [2.24, 2.45) is 17.8 Å². The number of nitrogens with one attached hydrogen (secondary N) is 1. The molecule has 1 N–H and O–H groups in total. The number of nitrogens with zero attached hydrogens (tertiary/aromatic N) is 1. The predicted molar refractivity (Wildman–Crippen MR) is 96.6 cm³/mol. The first-order valence-corrected chi connectivity index (χ1v) is 9.55. The zero-order chi connectivity index (χ0) is 16.7. The van der Waals surface area contributed by atoms with Crippen LogP contribution in [0.15, 0.2) is 24.3 Å². The zero-order valence-corrected chi connectivity index (χ0v) is 15.1. The topological polar surface area (TPSA) is 32.3 Å². The molecule has 0 atom stereocenters. The number of amides is 1. The van der Waals surface area contributed by atoms with Crippen LogP contribution in [-0.4, -0.2) is 29.9 Å². The Morgan fingerprint density at radius 2 is 1.62 bits per heavy atom. The second kappa shape index (κ2) is 6.18. The summed E-state index contributed by atoms with van der Waals surface area (Å²) in [7, 11) is 2.04. The van der Waals surface area contributed by atoms with Crippen LogP contribution in [0.4, 0.5) is 0 Å². The molecule has 0 aliphatic heterocycles. The van der Waals surface area contributed by atoms with Gasteiger partial charge >= 0.3 is 0 Å². The van der Waals surface area contributed by atoms with E-state index in [1.54, 1.807) is 0 Å². The van der Waals surface area contributed by atoms with Gasteiger partial charge in [0, 0.05) is 12.1 Å². The van der Waals surface area contributed by atoms with Crippen molar-refractivity contribution in [1.82, 2.24) is 10.2 Å². The van der Waals surface area contributed by atoms with E-state index in [1.807, 2.05) is 7.05 Å². The maximum absolute atomic E-state index is 12.6. The minimum atomic E-state index is 0.135. The van der Waals surface area contributed by atoms with Gasteiger partial charge in [0.15, 0.2) is 0 Å². The van der Waals surface area contributed by atoms with Crippen LogP contribution in [-0.2, 0) is 11.3 Å². The molecule has 1 amide bonds. The standard InChI is InChI=1S/C21H30N2O/c1-15-3-5-16(6-4-15)13-23(2)14-20(24)22-21-10-17-7-18(11-21)9-19(8-17)12-21/h3-6,17-19H,7-14H2,1-2H3,(H,22,24). The molecular weight excluding hydrogens is 296 g/mol. The number of aryl methyl sites for hydroxylation is 1. The summed E-state index contributed by atoms with van der Waals surface area (Å²) >= 11 is 0. The van der Waals surface area contributed by atoms with E-state index in [0.717, 1.165) is 24.3 Å². The summed E-state index contributed by atoms with van der Waals surface area (Å²) in [6.07, 6.45) is 7.94. The third kappa shape index (κ3) is 3.37. The summed E-state index contributed by atoms with van der Waals surface area (Å²) in [5.74, 6) is 2.84. The van der Waals surface area contributed by atoms with Gasteiger partial charge in [-0.15, -0.1) is 0 Å². The molecule has 3 nitrogen and oxygen atoms in total. The lowest BCUT2D eigenvalue weighted by atomic mass is 9.53. The fourth-order valence-electron chi connectivity index (χ4n) is 5.91. The smallest absolute Gasteiger partial charge is 0.234 e. The number of hydrogen-bond donors (Lipinski definition) is 1. The van der Waals surface area contributed by atoms with Crippen LogP contribution in [0.2, 0.25) is 0 Å². The van der Waals surface area contributed by atoms with Crippen molar-refractivity contribution in [1.29, 1.82) is 0 Å². The van der Waals surface area contributed by atoms with Crippen LogP contribution >= 0.6 is 0 Å². The first kappa shape index (κ1) is 16.1. The van der Waals surface area contributed by atoms with Crippen molar-refractivity contribution in [2.75, 3.05) is 13.6 Å². The SMILES string of the molecule is Cc1ccc(CN(C)CC(=O)NC23CC4CC(CC(C4)C2)C3)cc1. The lowest BCUT2D eigenvalue weighted by Crippen LogP contribution is -2.60. The molecule has 3 heteroatoms. The maximum Gasteiger partial charge on any atom is 0.234 e. The molecule has 4 aliphatic carbocycles. The third-order valence-electron chi connectivity index (χ3n) is 6.43. The van der Waals surface area contributed by atoms with E-state index in [2.05, 4.69) is 41.4 Å². The van der Waals surface area contributed by atoms with Crippen molar-refractivity contribution in [3.63, 3.8) is 0 Å². The first-order chi connectivity index (χ1) is 11.5. The Kier molecular flexibility index (Phi) is 4.16. The molecule has 4 bridgehead atoms. The van der Waals surface area contributed by atoms with E-state index in [1.165, 1.54) is 49.7 Å². The zero-order valence-electron chi connectivity index (χ0n) is 15.1. The molecule has 24 heavy (non-hydrogen) atoms. The Balaban J connectivity index is 1.32. The Morgan fingerprint density at radius 1 is 1.08 bits per heavy atom. The van der Waals surface area contributed by atoms with E-state index >= 15 is 0 Å². The summed E-state index contributed by atoms with van der Waals surface area (Å²) in [6.45, 7) is 3.43. The van der Waals surface area contributed by atoms with E-state index in [0.29, 0.717) is 6.54 Å². The Labute approximate surface area is 145 Å². The molecule has 0 spiro atoms. The fraction of sp³-hybridized carbons (Fsp3) is 0.667.